The Labute approximate surface area is 192 Å². The maximum Gasteiger partial charge on any atom is 0.277 e. The molecule has 0 aromatic heterocycles. The molecular weight excluding hydrogens is 424 g/mol. The van der Waals surface area contributed by atoms with E-state index in [-0.39, 0.29) is 29.6 Å². The monoisotopic (exact) mass is 450 g/mol. The second-order valence-corrected chi connectivity index (χ2v) is 8.09. The summed E-state index contributed by atoms with van der Waals surface area (Å²) in [5.41, 5.74) is 2.00. The van der Waals surface area contributed by atoms with Crippen molar-refractivity contribution < 1.29 is 19.2 Å². The van der Waals surface area contributed by atoms with Crippen molar-refractivity contribution in [1.82, 2.24) is 14.7 Å². The third kappa shape index (κ3) is 4.94. The third-order valence-electron chi connectivity index (χ3n) is 5.90. The molecule has 9 nitrogen and oxygen atoms in total. The Morgan fingerprint density at radius 2 is 1.64 bits per heavy atom. The number of rotatable bonds is 8. The maximum absolute atomic E-state index is 13.4. The number of carbonyl (C=O) groups is 2. The lowest BCUT2D eigenvalue weighted by molar-refractivity contribution is -0.384. The summed E-state index contributed by atoms with van der Waals surface area (Å²) in [5.74, 6) is -0.725. The zero-order valence-corrected chi connectivity index (χ0v) is 18.5. The second kappa shape index (κ2) is 9.93. The summed E-state index contributed by atoms with van der Waals surface area (Å²) < 4.78 is 5.37. The number of ether oxygens (including phenoxy) is 1. The van der Waals surface area contributed by atoms with Gasteiger partial charge < -0.3 is 9.64 Å². The van der Waals surface area contributed by atoms with Crippen LogP contribution in [0, 0.1) is 10.1 Å². The van der Waals surface area contributed by atoms with Gasteiger partial charge in [-0.15, -0.1) is 0 Å². The molecule has 1 saturated heterocycles. The highest BCUT2D eigenvalue weighted by atomic mass is 16.6. The van der Waals surface area contributed by atoms with Gasteiger partial charge in [0.25, 0.3) is 17.5 Å². The molecule has 1 fully saturated rings. The fourth-order valence-corrected chi connectivity index (χ4v) is 4.13. The Morgan fingerprint density at radius 3 is 2.27 bits per heavy atom. The molecular formula is C24H26N4O5. The van der Waals surface area contributed by atoms with Crippen LogP contribution in [0.25, 0.3) is 5.57 Å². The number of benzene rings is 2. The number of likely N-dealkylation sites (N-methyl/N-ethyl adjacent to an activating group) is 1. The van der Waals surface area contributed by atoms with Crippen LogP contribution >= 0.6 is 0 Å². The predicted molar refractivity (Wildman–Crippen MR) is 122 cm³/mol. The molecule has 2 aliphatic heterocycles. The molecule has 33 heavy (non-hydrogen) atoms. The lowest BCUT2D eigenvalue weighted by atomic mass is 10.0. The van der Waals surface area contributed by atoms with Crippen molar-refractivity contribution in [2.24, 2.45) is 0 Å². The van der Waals surface area contributed by atoms with Crippen LogP contribution in [0.5, 0.6) is 0 Å². The quantitative estimate of drug-likeness (QED) is 0.345. The van der Waals surface area contributed by atoms with Gasteiger partial charge in [0.1, 0.15) is 5.70 Å². The van der Waals surface area contributed by atoms with Gasteiger partial charge in [-0.3, -0.25) is 29.5 Å². The lowest BCUT2D eigenvalue weighted by Crippen LogP contribution is -2.43. The summed E-state index contributed by atoms with van der Waals surface area (Å²) in [4.78, 5) is 42.6. The Balaban J connectivity index is 1.63. The van der Waals surface area contributed by atoms with Crippen LogP contribution in [0.15, 0.2) is 60.3 Å². The molecule has 0 unspecified atom stereocenters. The molecule has 0 spiro atoms. The zero-order chi connectivity index (χ0) is 23.4. The van der Waals surface area contributed by atoms with Crippen molar-refractivity contribution in [2.45, 2.75) is 6.54 Å². The van der Waals surface area contributed by atoms with E-state index < -0.39 is 4.92 Å². The third-order valence-corrected chi connectivity index (χ3v) is 5.90. The molecule has 2 aliphatic rings. The van der Waals surface area contributed by atoms with E-state index in [0.29, 0.717) is 37.6 Å². The van der Waals surface area contributed by atoms with Crippen LogP contribution in [-0.4, -0.2) is 77.9 Å². The minimum atomic E-state index is -0.489. The van der Waals surface area contributed by atoms with E-state index in [2.05, 4.69) is 4.90 Å². The summed E-state index contributed by atoms with van der Waals surface area (Å²) in [6.45, 7) is 4.10. The molecule has 4 rings (SSSR count). The molecule has 9 heteroatoms. The maximum atomic E-state index is 13.4. The van der Waals surface area contributed by atoms with Crippen LogP contribution in [0.1, 0.15) is 11.1 Å². The van der Waals surface area contributed by atoms with Gasteiger partial charge >= 0.3 is 0 Å². The second-order valence-electron chi connectivity index (χ2n) is 8.09. The first kappa shape index (κ1) is 22.6. The number of amides is 2. The standard InChI is InChI=1S/C24H26N4O5/c1-25(17-18-5-3-2-4-6-18)22-21(19-7-9-20(10-8-19)28(31)32)23(29)27(24(22)30)12-11-26-13-15-33-16-14-26/h2-10H,11-17H2,1H3. The van der Waals surface area contributed by atoms with Gasteiger partial charge in [-0.05, 0) is 23.3 Å². The van der Waals surface area contributed by atoms with Crippen LogP contribution in [0.3, 0.4) is 0 Å². The molecule has 2 amide bonds. The number of nitro groups is 1. The molecule has 0 atom stereocenters. The minimum Gasteiger partial charge on any atom is -0.379 e. The fourth-order valence-electron chi connectivity index (χ4n) is 4.13. The predicted octanol–water partition coefficient (Wildman–Crippen LogP) is 2.14. The lowest BCUT2D eigenvalue weighted by Gasteiger charge is -2.28. The van der Waals surface area contributed by atoms with E-state index in [0.717, 1.165) is 18.7 Å². The van der Waals surface area contributed by atoms with Crippen molar-refractivity contribution in [2.75, 3.05) is 46.4 Å². The number of imide groups is 1. The number of carbonyl (C=O) groups excluding carboxylic acids is 2. The summed E-state index contributed by atoms with van der Waals surface area (Å²) in [6, 6.07) is 15.4. The van der Waals surface area contributed by atoms with Gasteiger partial charge in [-0.25, -0.2) is 0 Å². The molecule has 2 heterocycles. The summed E-state index contributed by atoms with van der Waals surface area (Å²) in [7, 11) is 1.78. The Kier molecular flexibility index (Phi) is 6.81. The normalized spacial score (nSPS) is 17.1. The Bertz CT molecular complexity index is 1060. The molecule has 0 saturated carbocycles. The van der Waals surface area contributed by atoms with E-state index in [4.69, 9.17) is 4.74 Å². The molecule has 0 N–H and O–H groups in total. The van der Waals surface area contributed by atoms with E-state index in [1.165, 1.54) is 29.2 Å². The molecule has 0 aliphatic carbocycles. The minimum absolute atomic E-state index is 0.0699. The van der Waals surface area contributed by atoms with E-state index in [9.17, 15) is 19.7 Å². The average Bonchev–Trinajstić information content (AvgIpc) is 3.08. The van der Waals surface area contributed by atoms with Gasteiger partial charge in [0.05, 0.1) is 23.7 Å². The highest BCUT2D eigenvalue weighted by Crippen LogP contribution is 2.32. The van der Waals surface area contributed by atoms with Gasteiger partial charge in [0.2, 0.25) is 0 Å². The van der Waals surface area contributed by atoms with Gasteiger partial charge in [-0.1, -0.05) is 30.3 Å². The van der Waals surface area contributed by atoms with E-state index in [1.807, 2.05) is 30.3 Å². The van der Waals surface area contributed by atoms with Gasteiger partial charge in [-0.2, -0.15) is 0 Å². The fraction of sp³-hybridized carbons (Fsp3) is 0.333. The Hall–Kier alpha value is -3.56. The SMILES string of the molecule is CN(Cc1ccccc1)C1=C(c2ccc([N+](=O)[O-])cc2)C(=O)N(CCN2CCOCC2)C1=O. The van der Waals surface area contributed by atoms with E-state index >= 15 is 0 Å². The largest absolute Gasteiger partial charge is 0.379 e. The summed E-state index contributed by atoms with van der Waals surface area (Å²) >= 11 is 0. The first-order valence-electron chi connectivity index (χ1n) is 10.9. The van der Waals surface area contributed by atoms with E-state index in [1.54, 1.807) is 11.9 Å². The number of hydrogen-bond acceptors (Lipinski definition) is 7. The van der Waals surface area contributed by atoms with Gasteiger partial charge in [0.15, 0.2) is 0 Å². The summed E-state index contributed by atoms with van der Waals surface area (Å²) in [5, 5.41) is 11.1. The number of nitro benzene ring substituents is 1. The first-order chi connectivity index (χ1) is 16.0. The molecule has 2 aromatic carbocycles. The average molecular weight is 450 g/mol. The van der Waals surface area contributed by atoms with Gasteiger partial charge in [0, 0.05) is 51.9 Å². The van der Waals surface area contributed by atoms with Crippen LogP contribution in [0.2, 0.25) is 0 Å². The molecule has 172 valence electrons. The molecule has 0 radical (unpaired) electrons. The topological polar surface area (TPSA) is 96.2 Å². The number of nitrogens with zero attached hydrogens (tertiary/aromatic N) is 4. The van der Waals surface area contributed by atoms with Crippen molar-refractivity contribution >= 4 is 23.1 Å². The molecule has 2 aromatic rings. The number of morpholine rings is 1. The number of hydrogen-bond donors (Lipinski definition) is 0. The van der Waals surface area contributed by atoms with Crippen molar-refractivity contribution in [3.05, 3.63) is 81.5 Å². The summed E-state index contributed by atoms with van der Waals surface area (Å²) in [6.07, 6.45) is 0. The highest BCUT2D eigenvalue weighted by Gasteiger charge is 2.40. The first-order valence-corrected chi connectivity index (χ1v) is 10.9. The highest BCUT2D eigenvalue weighted by molar-refractivity contribution is 6.35. The number of non-ortho nitro benzene ring substituents is 1. The van der Waals surface area contributed by atoms with Crippen LogP contribution < -0.4 is 0 Å². The Morgan fingerprint density at radius 1 is 0.970 bits per heavy atom. The molecule has 0 bridgehead atoms. The smallest absolute Gasteiger partial charge is 0.277 e. The van der Waals surface area contributed by atoms with Crippen molar-refractivity contribution in [1.29, 1.82) is 0 Å². The van der Waals surface area contributed by atoms with Crippen molar-refractivity contribution in [3.63, 3.8) is 0 Å². The van der Waals surface area contributed by atoms with Crippen LogP contribution in [0.4, 0.5) is 5.69 Å². The van der Waals surface area contributed by atoms with Crippen molar-refractivity contribution in [3.8, 4) is 0 Å². The zero-order valence-electron chi connectivity index (χ0n) is 18.5. The van der Waals surface area contributed by atoms with Crippen LogP contribution in [-0.2, 0) is 20.9 Å².